The number of carbonyl (C=O) groups is 2. The molecule has 7 nitrogen and oxygen atoms in total. The quantitative estimate of drug-likeness (QED) is 0.381. The molecule has 0 aromatic heterocycles. The van der Waals surface area contributed by atoms with Gasteiger partial charge in [-0.3, -0.25) is 13.9 Å². The molecule has 196 valence electrons. The van der Waals surface area contributed by atoms with Crippen molar-refractivity contribution in [3.63, 3.8) is 0 Å². The molecule has 10 heteroatoms. The van der Waals surface area contributed by atoms with E-state index in [0.29, 0.717) is 13.0 Å². The Labute approximate surface area is 221 Å². The molecule has 0 bridgehead atoms. The molecule has 3 aromatic rings. The molecule has 0 unspecified atom stereocenters. The van der Waals surface area contributed by atoms with Gasteiger partial charge in [0.2, 0.25) is 11.8 Å². The minimum Gasteiger partial charge on any atom is -0.354 e. The largest absolute Gasteiger partial charge is 0.354 e. The Bertz CT molecular complexity index is 1340. The predicted molar refractivity (Wildman–Crippen MR) is 142 cm³/mol. The molecule has 0 aliphatic rings. The van der Waals surface area contributed by atoms with E-state index >= 15 is 0 Å². The lowest BCUT2D eigenvalue weighted by Gasteiger charge is -2.32. The van der Waals surface area contributed by atoms with Crippen molar-refractivity contribution in [3.8, 4) is 0 Å². The zero-order chi connectivity index (χ0) is 27.0. The number of anilines is 1. The summed E-state index contributed by atoms with van der Waals surface area (Å²) in [6, 6.07) is 18.8. The molecule has 0 heterocycles. The number of benzene rings is 3. The van der Waals surface area contributed by atoms with Gasteiger partial charge in [0.1, 0.15) is 18.4 Å². The molecule has 0 saturated carbocycles. The highest BCUT2D eigenvalue weighted by Gasteiger charge is 2.32. The Kier molecular flexibility index (Phi) is 9.66. The van der Waals surface area contributed by atoms with Crippen molar-refractivity contribution in [1.29, 1.82) is 0 Å². The van der Waals surface area contributed by atoms with Gasteiger partial charge in [0.25, 0.3) is 10.0 Å². The van der Waals surface area contributed by atoms with Crippen molar-refractivity contribution < 1.29 is 22.4 Å². The first-order chi connectivity index (χ1) is 17.6. The third-order valence-corrected chi connectivity index (χ3v) is 7.74. The molecule has 37 heavy (non-hydrogen) atoms. The Hall–Kier alpha value is -3.43. The van der Waals surface area contributed by atoms with Crippen molar-refractivity contribution >= 4 is 39.1 Å². The summed E-state index contributed by atoms with van der Waals surface area (Å²) >= 11 is 6.14. The summed E-state index contributed by atoms with van der Waals surface area (Å²) in [6.07, 6.45) is 0.692. The highest BCUT2D eigenvalue weighted by Crippen LogP contribution is 2.27. The van der Waals surface area contributed by atoms with Gasteiger partial charge in [0, 0.05) is 23.7 Å². The van der Waals surface area contributed by atoms with E-state index in [1.54, 1.807) is 36.4 Å². The number of rotatable bonds is 11. The second kappa shape index (κ2) is 12.7. The van der Waals surface area contributed by atoms with Crippen LogP contribution in [0.4, 0.5) is 10.1 Å². The van der Waals surface area contributed by atoms with Crippen LogP contribution in [0.1, 0.15) is 25.8 Å². The molecule has 0 radical (unpaired) electrons. The first-order valence-electron chi connectivity index (χ1n) is 11.8. The summed E-state index contributed by atoms with van der Waals surface area (Å²) in [5, 5.41) is 3.03. The zero-order valence-corrected chi connectivity index (χ0v) is 22.2. The lowest BCUT2D eigenvalue weighted by molar-refractivity contribution is -0.139. The molecule has 3 aromatic carbocycles. The molecule has 0 spiro atoms. The average molecular weight is 546 g/mol. The third-order valence-electron chi connectivity index (χ3n) is 5.72. The van der Waals surface area contributed by atoms with Crippen LogP contribution in [-0.4, -0.2) is 44.3 Å². The number of sulfonamides is 1. The maximum atomic E-state index is 14.5. The molecular weight excluding hydrogens is 517 g/mol. The minimum atomic E-state index is -4.19. The summed E-state index contributed by atoms with van der Waals surface area (Å²) in [4.78, 5) is 27.7. The van der Waals surface area contributed by atoms with Crippen LogP contribution in [0.15, 0.2) is 83.8 Å². The number of carbonyl (C=O) groups excluding carboxylic acids is 2. The first kappa shape index (κ1) is 28.1. The second-order valence-corrected chi connectivity index (χ2v) is 10.7. The van der Waals surface area contributed by atoms with Gasteiger partial charge in [-0.25, -0.2) is 12.8 Å². The number of nitrogens with zero attached hydrogens (tertiary/aromatic N) is 2. The van der Waals surface area contributed by atoms with E-state index in [1.807, 2.05) is 6.92 Å². The predicted octanol–water partition coefficient (Wildman–Crippen LogP) is 4.62. The molecule has 0 aliphatic carbocycles. The summed E-state index contributed by atoms with van der Waals surface area (Å²) in [6.45, 7) is 2.98. The van der Waals surface area contributed by atoms with Crippen LogP contribution in [0.25, 0.3) is 0 Å². The van der Waals surface area contributed by atoms with E-state index < -0.39 is 40.2 Å². The van der Waals surface area contributed by atoms with Gasteiger partial charge < -0.3 is 10.2 Å². The first-order valence-corrected chi connectivity index (χ1v) is 13.6. The zero-order valence-electron chi connectivity index (χ0n) is 20.6. The van der Waals surface area contributed by atoms with Gasteiger partial charge >= 0.3 is 0 Å². The molecule has 2 amide bonds. The van der Waals surface area contributed by atoms with Gasteiger partial charge in [0.05, 0.1) is 10.6 Å². The van der Waals surface area contributed by atoms with Crippen LogP contribution in [0.3, 0.4) is 0 Å². The number of hydrogen-bond acceptors (Lipinski definition) is 4. The van der Waals surface area contributed by atoms with E-state index in [9.17, 15) is 22.4 Å². The van der Waals surface area contributed by atoms with E-state index in [4.69, 9.17) is 11.6 Å². The Morgan fingerprint density at radius 2 is 1.68 bits per heavy atom. The highest BCUT2D eigenvalue weighted by molar-refractivity contribution is 7.92. The third kappa shape index (κ3) is 7.08. The Balaban J connectivity index is 2.02. The SMILES string of the molecule is CCCNC(=O)[C@H](C)N(Cc1ccccc1F)C(=O)CN(c1cccc(Cl)c1)S(=O)(=O)c1ccccc1. The van der Waals surface area contributed by atoms with Crippen LogP contribution in [0.2, 0.25) is 5.02 Å². The fraction of sp³-hybridized carbons (Fsp3) is 0.259. The molecule has 1 atom stereocenters. The second-order valence-electron chi connectivity index (χ2n) is 8.38. The minimum absolute atomic E-state index is 0.0165. The van der Waals surface area contributed by atoms with Gasteiger partial charge in [-0.1, -0.05) is 61.0 Å². The topological polar surface area (TPSA) is 86.8 Å². The van der Waals surface area contributed by atoms with Crippen molar-refractivity contribution in [2.75, 3.05) is 17.4 Å². The van der Waals surface area contributed by atoms with Crippen LogP contribution in [-0.2, 0) is 26.2 Å². The smallest absolute Gasteiger partial charge is 0.264 e. The van der Waals surface area contributed by atoms with Gasteiger partial charge in [-0.05, 0) is 49.7 Å². The summed E-state index contributed by atoms with van der Waals surface area (Å²) in [7, 11) is -4.19. The van der Waals surface area contributed by atoms with Crippen LogP contribution >= 0.6 is 11.6 Å². The fourth-order valence-electron chi connectivity index (χ4n) is 3.67. The van der Waals surface area contributed by atoms with Gasteiger partial charge in [-0.2, -0.15) is 0 Å². The van der Waals surface area contributed by atoms with Crippen LogP contribution < -0.4 is 9.62 Å². The van der Waals surface area contributed by atoms with Crippen molar-refractivity contribution in [1.82, 2.24) is 10.2 Å². The monoisotopic (exact) mass is 545 g/mol. The number of halogens is 2. The van der Waals surface area contributed by atoms with Crippen LogP contribution in [0, 0.1) is 5.82 Å². The van der Waals surface area contributed by atoms with Crippen molar-refractivity contribution in [3.05, 3.63) is 95.3 Å². The molecule has 0 saturated heterocycles. The molecule has 0 aliphatic heterocycles. The van der Waals surface area contributed by atoms with E-state index in [1.165, 1.54) is 54.3 Å². The normalized spacial score (nSPS) is 12.0. The molecular formula is C27H29ClFN3O4S. The molecule has 1 N–H and O–H groups in total. The number of amides is 2. The highest BCUT2D eigenvalue weighted by atomic mass is 35.5. The van der Waals surface area contributed by atoms with Gasteiger partial charge in [-0.15, -0.1) is 0 Å². The maximum Gasteiger partial charge on any atom is 0.264 e. The Morgan fingerprint density at radius 3 is 2.32 bits per heavy atom. The molecule has 3 rings (SSSR count). The average Bonchev–Trinajstić information content (AvgIpc) is 2.89. The number of nitrogens with one attached hydrogen (secondary N) is 1. The Morgan fingerprint density at radius 1 is 1.00 bits per heavy atom. The summed E-state index contributed by atoms with van der Waals surface area (Å²) in [5.74, 6) is -1.64. The van der Waals surface area contributed by atoms with Crippen molar-refractivity contribution in [2.45, 2.75) is 37.8 Å². The van der Waals surface area contributed by atoms with Crippen LogP contribution in [0.5, 0.6) is 0 Å². The maximum absolute atomic E-state index is 14.5. The lowest BCUT2D eigenvalue weighted by atomic mass is 10.1. The van der Waals surface area contributed by atoms with E-state index in [0.717, 1.165) is 4.31 Å². The van der Waals surface area contributed by atoms with Gasteiger partial charge in [0.15, 0.2) is 0 Å². The fourth-order valence-corrected chi connectivity index (χ4v) is 5.28. The lowest BCUT2D eigenvalue weighted by Crippen LogP contribution is -2.51. The van der Waals surface area contributed by atoms with E-state index in [2.05, 4.69) is 5.32 Å². The summed E-state index contributed by atoms with van der Waals surface area (Å²) in [5.41, 5.74) is 0.379. The van der Waals surface area contributed by atoms with Crippen molar-refractivity contribution in [2.24, 2.45) is 0 Å². The summed E-state index contributed by atoms with van der Waals surface area (Å²) < 4.78 is 42.7. The number of hydrogen-bond donors (Lipinski definition) is 1. The standard InChI is InChI=1S/C27H29ClFN3O4S/c1-3-16-30-27(34)20(2)31(18-21-10-7-8-15-25(21)29)26(33)19-32(23-12-9-11-22(28)17-23)37(35,36)24-13-5-4-6-14-24/h4-15,17,20H,3,16,18-19H2,1-2H3,(H,30,34)/t20-/m0/s1. The molecule has 0 fully saturated rings. The van der Waals surface area contributed by atoms with E-state index in [-0.39, 0.29) is 27.7 Å².